The quantitative estimate of drug-likeness (QED) is 0.907. The first-order chi connectivity index (χ1) is 8.72. The standard InChI is InChI=1S/C14H23N3S/c1-10-3-4-11(2)17(9-10)14-16-8-13(18-14)7-15-12-5-6-12/h8,10-12,15H,3-7,9H2,1-2H3. The minimum atomic E-state index is 0.650. The summed E-state index contributed by atoms with van der Waals surface area (Å²) in [5, 5.41) is 4.78. The first-order valence-electron chi connectivity index (χ1n) is 7.17. The van der Waals surface area contributed by atoms with E-state index in [1.165, 1.54) is 42.2 Å². The molecule has 3 nitrogen and oxygen atoms in total. The Balaban J connectivity index is 1.63. The van der Waals surface area contributed by atoms with Crippen molar-refractivity contribution in [2.75, 3.05) is 11.4 Å². The Labute approximate surface area is 114 Å². The van der Waals surface area contributed by atoms with E-state index in [0.29, 0.717) is 6.04 Å². The first-order valence-corrected chi connectivity index (χ1v) is 7.98. The molecular weight excluding hydrogens is 242 g/mol. The van der Waals surface area contributed by atoms with Crippen LogP contribution in [-0.4, -0.2) is 23.6 Å². The Kier molecular flexibility index (Phi) is 3.57. The minimum Gasteiger partial charge on any atom is -0.345 e. The molecule has 2 aliphatic rings. The maximum absolute atomic E-state index is 4.63. The van der Waals surface area contributed by atoms with Gasteiger partial charge >= 0.3 is 0 Å². The van der Waals surface area contributed by atoms with Crippen LogP contribution in [0.3, 0.4) is 0 Å². The Morgan fingerprint density at radius 3 is 2.94 bits per heavy atom. The lowest BCUT2D eigenvalue weighted by Gasteiger charge is -2.36. The molecule has 0 spiro atoms. The van der Waals surface area contributed by atoms with Gasteiger partial charge in [0.25, 0.3) is 0 Å². The number of hydrogen-bond donors (Lipinski definition) is 1. The lowest BCUT2D eigenvalue weighted by atomic mass is 9.96. The number of rotatable bonds is 4. The summed E-state index contributed by atoms with van der Waals surface area (Å²) >= 11 is 1.87. The van der Waals surface area contributed by atoms with Gasteiger partial charge in [-0.3, -0.25) is 0 Å². The highest BCUT2D eigenvalue weighted by Crippen LogP contribution is 2.31. The zero-order chi connectivity index (χ0) is 12.5. The summed E-state index contributed by atoms with van der Waals surface area (Å²) in [4.78, 5) is 8.50. The Morgan fingerprint density at radius 2 is 2.17 bits per heavy atom. The number of hydrogen-bond acceptors (Lipinski definition) is 4. The van der Waals surface area contributed by atoms with Crippen molar-refractivity contribution < 1.29 is 0 Å². The molecule has 2 fully saturated rings. The number of piperidine rings is 1. The molecule has 2 unspecified atom stereocenters. The van der Waals surface area contributed by atoms with Gasteiger partial charge in [-0.15, -0.1) is 11.3 Å². The van der Waals surface area contributed by atoms with E-state index in [1.807, 2.05) is 11.3 Å². The van der Waals surface area contributed by atoms with Gasteiger partial charge in [-0.1, -0.05) is 6.92 Å². The van der Waals surface area contributed by atoms with Gasteiger partial charge in [0.2, 0.25) is 0 Å². The zero-order valence-corrected chi connectivity index (χ0v) is 12.2. The fourth-order valence-electron chi connectivity index (χ4n) is 2.60. The summed E-state index contributed by atoms with van der Waals surface area (Å²) in [5.41, 5.74) is 0. The molecule has 1 saturated carbocycles. The van der Waals surface area contributed by atoms with Crippen LogP contribution in [0, 0.1) is 5.92 Å². The summed E-state index contributed by atoms with van der Waals surface area (Å²) in [6.45, 7) is 6.85. The molecule has 2 heterocycles. The van der Waals surface area contributed by atoms with Crippen LogP contribution >= 0.6 is 11.3 Å². The summed E-state index contributed by atoms with van der Waals surface area (Å²) in [7, 11) is 0. The fourth-order valence-corrected chi connectivity index (χ4v) is 3.57. The molecular formula is C14H23N3S. The van der Waals surface area contributed by atoms with E-state index >= 15 is 0 Å². The van der Waals surface area contributed by atoms with Crippen LogP contribution in [0.25, 0.3) is 0 Å². The molecule has 0 bridgehead atoms. The van der Waals surface area contributed by atoms with Gasteiger partial charge in [-0.25, -0.2) is 4.98 Å². The van der Waals surface area contributed by atoms with Gasteiger partial charge in [-0.2, -0.15) is 0 Å². The van der Waals surface area contributed by atoms with E-state index in [0.717, 1.165) is 18.5 Å². The van der Waals surface area contributed by atoms with Crippen LogP contribution in [0.2, 0.25) is 0 Å². The van der Waals surface area contributed by atoms with Crippen LogP contribution < -0.4 is 10.2 Å². The maximum Gasteiger partial charge on any atom is 0.185 e. The highest BCUT2D eigenvalue weighted by atomic mass is 32.1. The molecule has 0 radical (unpaired) electrons. The summed E-state index contributed by atoms with van der Waals surface area (Å²) < 4.78 is 0. The van der Waals surface area contributed by atoms with E-state index in [-0.39, 0.29) is 0 Å². The molecule has 4 heteroatoms. The van der Waals surface area contributed by atoms with Gasteiger partial charge in [0.05, 0.1) is 0 Å². The highest BCUT2D eigenvalue weighted by molar-refractivity contribution is 7.15. The van der Waals surface area contributed by atoms with Gasteiger partial charge < -0.3 is 10.2 Å². The van der Waals surface area contributed by atoms with E-state index in [1.54, 1.807) is 0 Å². The third-order valence-electron chi connectivity index (χ3n) is 4.05. The van der Waals surface area contributed by atoms with Crippen LogP contribution in [0.5, 0.6) is 0 Å². The Bertz CT molecular complexity index is 399. The second-order valence-electron chi connectivity index (χ2n) is 5.95. The van der Waals surface area contributed by atoms with Crippen molar-refractivity contribution in [3.63, 3.8) is 0 Å². The number of anilines is 1. The van der Waals surface area contributed by atoms with Crippen molar-refractivity contribution in [3.05, 3.63) is 11.1 Å². The smallest absolute Gasteiger partial charge is 0.185 e. The van der Waals surface area contributed by atoms with Crippen LogP contribution in [0.1, 0.15) is 44.4 Å². The average molecular weight is 265 g/mol. The number of thiazole rings is 1. The van der Waals surface area contributed by atoms with Gasteiger partial charge in [-0.05, 0) is 38.5 Å². The lowest BCUT2D eigenvalue weighted by Crippen LogP contribution is -2.40. The Morgan fingerprint density at radius 1 is 1.33 bits per heavy atom. The minimum absolute atomic E-state index is 0.650. The first kappa shape index (κ1) is 12.4. The zero-order valence-electron chi connectivity index (χ0n) is 11.4. The van der Waals surface area contributed by atoms with Gasteiger partial charge in [0, 0.05) is 36.2 Å². The summed E-state index contributed by atoms with van der Waals surface area (Å²) in [6, 6.07) is 1.43. The molecule has 0 amide bonds. The number of nitrogens with zero attached hydrogens (tertiary/aromatic N) is 2. The third-order valence-corrected chi connectivity index (χ3v) is 5.08. The molecule has 1 aromatic heterocycles. The van der Waals surface area contributed by atoms with Crippen molar-refractivity contribution in [2.24, 2.45) is 5.92 Å². The molecule has 1 aliphatic carbocycles. The monoisotopic (exact) mass is 265 g/mol. The molecule has 1 saturated heterocycles. The van der Waals surface area contributed by atoms with Crippen molar-refractivity contribution in [3.8, 4) is 0 Å². The van der Waals surface area contributed by atoms with Crippen LogP contribution in [0.4, 0.5) is 5.13 Å². The topological polar surface area (TPSA) is 28.2 Å². The molecule has 100 valence electrons. The van der Waals surface area contributed by atoms with Crippen molar-refractivity contribution in [2.45, 2.75) is 58.2 Å². The second-order valence-corrected chi connectivity index (χ2v) is 7.04. The van der Waals surface area contributed by atoms with Gasteiger partial charge in [0.15, 0.2) is 5.13 Å². The summed E-state index contributed by atoms with van der Waals surface area (Å²) in [6.07, 6.45) is 7.43. The summed E-state index contributed by atoms with van der Waals surface area (Å²) in [5.74, 6) is 0.804. The number of nitrogens with one attached hydrogen (secondary N) is 1. The van der Waals surface area contributed by atoms with Gasteiger partial charge in [0.1, 0.15) is 0 Å². The average Bonchev–Trinajstić information content (AvgIpc) is 3.08. The van der Waals surface area contributed by atoms with E-state index in [4.69, 9.17) is 0 Å². The maximum atomic E-state index is 4.63. The second kappa shape index (κ2) is 5.17. The SMILES string of the molecule is CC1CCC(C)N(c2ncc(CNC3CC3)s2)C1. The molecule has 1 aromatic rings. The molecule has 18 heavy (non-hydrogen) atoms. The van der Waals surface area contributed by atoms with E-state index in [9.17, 15) is 0 Å². The largest absolute Gasteiger partial charge is 0.345 e. The normalized spacial score (nSPS) is 28.7. The van der Waals surface area contributed by atoms with Crippen molar-refractivity contribution in [1.82, 2.24) is 10.3 Å². The highest BCUT2D eigenvalue weighted by Gasteiger charge is 2.25. The van der Waals surface area contributed by atoms with Crippen molar-refractivity contribution in [1.29, 1.82) is 0 Å². The van der Waals surface area contributed by atoms with Crippen LogP contribution in [-0.2, 0) is 6.54 Å². The Hall–Kier alpha value is -0.610. The molecule has 1 aliphatic heterocycles. The molecule has 2 atom stereocenters. The fraction of sp³-hybridized carbons (Fsp3) is 0.786. The molecule has 3 rings (SSSR count). The van der Waals surface area contributed by atoms with E-state index in [2.05, 4.69) is 35.2 Å². The predicted octanol–water partition coefficient (Wildman–Crippen LogP) is 3.02. The predicted molar refractivity (Wildman–Crippen MR) is 77.2 cm³/mol. The third kappa shape index (κ3) is 2.86. The lowest BCUT2D eigenvalue weighted by molar-refractivity contribution is 0.390. The van der Waals surface area contributed by atoms with Crippen LogP contribution in [0.15, 0.2) is 6.20 Å². The van der Waals surface area contributed by atoms with E-state index < -0.39 is 0 Å². The molecule has 1 N–H and O–H groups in total. The van der Waals surface area contributed by atoms with Crippen molar-refractivity contribution >= 4 is 16.5 Å². The number of aromatic nitrogens is 1. The molecule has 0 aromatic carbocycles.